The summed E-state index contributed by atoms with van der Waals surface area (Å²) in [4.78, 5) is 15.4. The van der Waals surface area contributed by atoms with Crippen LogP contribution < -0.4 is 5.32 Å². The Hall–Kier alpha value is -2.53. The molecule has 0 atom stereocenters. The summed E-state index contributed by atoms with van der Waals surface area (Å²) in [5.74, 6) is 0.694. The molecule has 2 aromatic carbocycles. The number of rotatable bonds is 2. The molecule has 3 aromatic rings. The Balaban J connectivity index is 2.18. The Labute approximate surface area is 132 Å². The van der Waals surface area contributed by atoms with Gasteiger partial charge in [0.25, 0.3) is 0 Å². The number of nitrogens with one attached hydrogen (secondary N) is 1. The number of aryl methyl sites for hydroxylation is 2. The first-order valence-electron chi connectivity index (χ1n) is 6.68. The molecule has 1 heterocycles. The van der Waals surface area contributed by atoms with Gasteiger partial charge in [0.15, 0.2) is 0 Å². The van der Waals surface area contributed by atoms with E-state index in [2.05, 4.69) is 10.3 Å². The normalized spacial score (nSPS) is 10.9. The fraction of sp³-hybridized carbons (Fsp3) is 0.125. The van der Waals surface area contributed by atoms with E-state index in [0.717, 1.165) is 16.6 Å². The Bertz CT molecular complexity index is 886. The van der Waals surface area contributed by atoms with Crippen LogP contribution in [0, 0.1) is 6.92 Å². The van der Waals surface area contributed by atoms with Gasteiger partial charge in [-0.05, 0) is 42.8 Å². The average Bonchev–Trinajstić information content (AvgIpc) is 2.77. The number of carbonyl (C=O) groups is 1. The van der Waals surface area contributed by atoms with Gasteiger partial charge in [-0.25, -0.2) is 9.78 Å². The first-order valence-corrected chi connectivity index (χ1v) is 7.06. The minimum absolute atomic E-state index is 0.454. The Morgan fingerprint density at radius 3 is 2.77 bits per heavy atom. The summed E-state index contributed by atoms with van der Waals surface area (Å²) in [6, 6.07) is 11.0. The van der Waals surface area contributed by atoms with Gasteiger partial charge >= 0.3 is 6.09 Å². The van der Waals surface area contributed by atoms with Crippen molar-refractivity contribution in [3.8, 4) is 11.4 Å². The molecule has 112 valence electrons. The molecule has 0 aliphatic carbocycles. The van der Waals surface area contributed by atoms with E-state index < -0.39 is 6.09 Å². The zero-order valence-corrected chi connectivity index (χ0v) is 12.8. The average molecular weight is 316 g/mol. The van der Waals surface area contributed by atoms with Gasteiger partial charge in [0.2, 0.25) is 0 Å². The van der Waals surface area contributed by atoms with E-state index in [1.807, 2.05) is 36.7 Å². The fourth-order valence-corrected chi connectivity index (χ4v) is 2.65. The molecular weight excluding hydrogens is 302 g/mol. The molecule has 6 heteroatoms. The highest BCUT2D eigenvalue weighted by molar-refractivity contribution is 6.33. The van der Waals surface area contributed by atoms with Crippen molar-refractivity contribution in [3.63, 3.8) is 0 Å². The Morgan fingerprint density at radius 1 is 1.27 bits per heavy atom. The SMILES string of the molecule is Cc1ccc2c(c1)nc(-c1cc(NC(=O)O)ccc1Cl)n2C. The zero-order chi connectivity index (χ0) is 15.9. The van der Waals surface area contributed by atoms with Crippen LogP contribution >= 0.6 is 11.6 Å². The topological polar surface area (TPSA) is 67.2 Å². The molecule has 0 unspecified atom stereocenters. The van der Waals surface area contributed by atoms with E-state index in [9.17, 15) is 4.79 Å². The van der Waals surface area contributed by atoms with Gasteiger partial charge in [-0.2, -0.15) is 0 Å². The number of nitrogens with zero attached hydrogens (tertiary/aromatic N) is 2. The molecule has 0 saturated heterocycles. The highest BCUT2D eigenvalue weighted by Gasteiger charge is 2.14. The van der Waals surface area contributed by atoms with Crippen molar-refractivity contribution in [2.45, 2.75) is 6.92 Å². The summed E-state index contributed by atoms with van der Waals surface area (Å²) in [5.41, 5.74) is 4.14. The summed E-state index contributed by atoms with van der Waals surface area (Å²) in [5, 5.41) is 11.7. The van der Waals surface area contributed by atoms with Gasteiger partial charge in [0.05, 0.1) is 16.1 Å². The first kappa shape index (κ1) is 14.4. The number of hydrogen-bond acceptors (Lipinski definition) is 2. The van der Waals surface area contributed by atoms with Gasteiger partial charge in [-0.1, -0.05) is 17.7 Å². The van der Waals surface area contributed by atoms with Crippen LogP contribution in [0.3, 0.4) is 0 Å². The van der Waals surface area contributed by atoms with Gasteiger partial charge in [-0.3, -0.25) is 5.32 Å². The highest BCUT2D eigenvalue weighted by Crippen LogP contribution is 2.32. The predicted octanol–water partition coefficient (Wildman–Crippen LogP) is 4.29. The van der Waals surface area contributed by atoms with Gasteiger partial charge in [0, 0.05) is 18.3 Å². The van der Waals surface area contributed by atoms with Crippen molar-refractivity contribution in [2.24, 2.45) is 7.05 Å². The van der Waals surface area contributed by atoms with Crippen LogP contribution in [0.5, 0.6) is 0 Å². The minimum Gasteiger partial charge on any atom is -0.465 e. The van der Waals surface area contributed by atoms with E-state index in [-0.39, 0.29) is 0 Å². The van der Waals surface area contributed by atoms with Crippen LogP contribution in [0.25, 0.3) is 22.4 Å². The molecule has 0 fully saturated rings. The van der Waals surface area contributed by atoms with Gasteiger partial charge < -0.3 is 9.67 Å². The number of aromatic nitrogens is 2. The summed E-state index contributed by atoms with van der Waals surface area (Å²) in [6.45, 7) is 2.01. The summed E-state index contributed by atoms with van der Waals surface area (Å²) in [6.07, 6.45) is -1.12. The van der Waals surface area contributed by atoms with Crippen molar-refractivity contribution in [3.05, 3.63) is 47.0 Å². The highest BCUT2D eigenvalue weighted by atomic mass is 35.5. The molecule has 1 aromatic heterocycles. The van der Waals surface area contributed by atoms with Gasteiger partial charge in [-0.15, -0.1) is 0 Å². The van der Waals surface area contributed by atoms with E-state index in [4.69, 9.17) is 16.7 Å². The molecule has 1 amide bonds. The van der Waals surface area contributed by atoms with Crippen LogP contribution in [-0.4, -0.2) is 20.8 Å². The number of fused-ring (bicyclic) bond motifs is 1. The molecule has 3 rings (SSSR count). The minimum atomic E-state index is -1.12. The smallest absolute Gasteiger partial charge is 0.409 e. The van der Waals surface area contributed by atoms with Crippen LogP contribution in [-0.2, 0) is 7.05 Å². The Morgan fingerprint density at radius 2 is 2.05 bits per heavy atom. The number of imidazole rings is 1. The number of hydrogen-bond donors (Lipinski definition) is 2. The quantitative estimate of drug-likeness (QED) is 0.741. The Kier molecular flexibility index (Phi) is 3.50. The standard InChI is InChI=1S/C16H14ClN3O2/c1-9-3-6-14-13(7-9)19-15(20(14)2)11-8-10(18-16(21)22)4-5-12(11)17/h3-8,18H,1-2H3,(H,21,22). The van der Waals surface area contributed by atoms with Crippen molar-refractivity contribution in [1.82, 2.24) is 9.55 Å². The van der Waals surface area contributed by atoms with Crippen molar-refractivity contribution >= 4 is 34.4 Å². The van der Waals surface area contributed by atoms with Crippen LogP contribution in [0.1, 0.15) is 5.56 Å². The van der Waals surface area contributed by atoms with Crippen LogP contribution in [0.2, 0.25) is 5.02 Å². The molecule has 22 heavy (non-hydrogen) atoms. The second-order valence-electron chi connectivity index (χ2n) is 5.11. The lowest BCUT2D eigenvalue weighted by atomic mass is 10.2. The molecule has 2 N–H and O–H groups in total. The monoisotopic (exact) mass is 315 g/mol. The first-order chi connectivity index (χ1) is 10.5. The zero-order valence-electron chi connectivity index (χ0n) is 12.1. The lowest BCUT2D eigenvalue weighted by molar-refractivity contribution is 0.210. The summed E-state index contributed by atoms with van der Waals surface area (Å²) >= 11 is 6.27. The van der Waals surface area contributed by atoms with E-state index in [1.165, 1.54) is 0 Å². The fourth-order valence-electron chi connectivity index (χ4n) is 2.45. The molecule has 0 spiro atoms. The van der Waals surface area contributed by atoms with E-state index in [0.29, 0.717) is 22.1 Å². The van der Waals surface area contributed by atoms with Crippen molar-refractivity contribution < 1.29 is 9.90 Å². The molecule has 0 aliphatic heterocycles. The number of amides is 1. The third-order valence-corrected chi connectivity index (χ3v) is 3.82. The van der Waals surface area contributed by atoms with Crippen molar-refractivity contribution in [1.29, 1.82) is 0 Å². The lowest BCUT2D eigenvalue weighted by Gasteiger charge is -2.08. The maximum Gasteiger partial charge on any atom is 0.409 e. The predicted molar refractivity (Wildman–Crippen MR) is 87.5 cm³/mol. The second kappa shape index (κ2) is 5.35. The number of anilines is 1. The maximum atomic E-state index is 10.8. The van der Waals surface area contributed by atoms with E-state index in [1.54, 1.807) is 18.2 Å². The lowest BCUT2D eigenvalue weighted by Crippen LogP contribution is -2.07. The molecular formula is C16H14ClN3O2. The molecule has 0 aliphatic rings. The van der Waals surface area contributed by atoms with Crippen molar-refractivity contribution in [2.75, 3.05) is 5.32 Å². The second-order valence-corrected chi connectivity index (χ2v) is 5.52. The van der Waals surface area contributed by atoms with Gasteiger partial charge in [0.1, 0.15) is 5.82 Å². The molecule has 0 saturated carbocycles. The van der Waals surface area contributed by atoms with Crippen LogP contribution in [0.4, 0.5) is 10.5 Å². The number of carboxylic acid groups (broad SMARTS) is 1. The molecule has 0 bridgehead atoms. The number of halogens is 1. The largest absolute Gasteiger partial charge is 0.465 e. The third-order valence-electron chi connectivity index (χ3n) is 3.49. The maximum absolute atomic E-state index is 10.8. The van der Waals surface area contributed by atoms with Crippen LogP contribution in [0.15, 0.2) is 36.4 Å². The summed E-state index contributed by atoms with van der Waals surface area (Å²) in [7, 11) is 1.91. The number of benzene rings is 2. The molecule has 5 nitrogen and oxygen atoms in total. The molecule has 0 radical (unpaired) electrons. The summed E-state index contributed by atoms with van der Waals surface area (Å²) < 4.78 is 1.94. The van der Waals surface area contributed by atoms with E-state index >= 15 is 0 Å². The third kappa shape index (κ3) is 2.51.